The molecular formula is C17H17NO4S. The highest BCUT2D eigenvalue weighted by molar-refractivity contribution is 7.07. The fourth-order valence-corrected chi connectivity index (χ4v) is 2.99. The summed E-state index contributed by atoms with van der Waals surface area (Å²) in [5.41, 5.74) is 1.66. The predicted molar refractivity (Wildman–Crippen MR) is 88.6 cm³/mol. The summed E-state index contributed by atoms with van der Waals surface area (Å²) < 4.78 is 11.1. The summed E-state index contributed by atoms with van der Waals surface area (Å²) >= 11 is 1.56. The second kappa shape index (κ2) is 7.41. The molecule has 120 valence electrons. The molecule has 0 spiro atoms. The maximum Gasteiger partial charge on any atom is 0.287 e. The van der Waals surface area contributed by atoms with Crippen molar-refractivity contribution in [2.75, 3.05) is 19.8 Å². The number of fused-ring (bicyclic) bond motifs is 1. The molecule has 6 heteroatoms. The number of rotatable bonds is 7. The average molecular weight is 331 g/mol. The number of furan rings is 1. The van der Waals surface area contributed by atoms with E-state index < -0.39 is 0 Å². The molecule has 23 heavy (non-hydrogen) atoms. The number of carbonyl (C=O) groups is 1. The lowest BCUT2D eigenvalue weighted by Gasteiger charge is -2.16. The molecule has 0 fully saturated rings. The van der Waals surface area contributed by atoms with Gasteiger partial charge in [0, 0.05) is 11.9 Å². The molecule has 2 heterocycles. The number of aliphatic hydroxyl groups is 1. The lowest BCUT2D eigenvalue weighted by atomic mass is 10.2. The fraction of sp³-hybridized carbons (Fsp3) is 0.235. The Bertz CT molecular complexity index is 733. The number of ether oxygens (including phenoxy) is 1. The lowest BCUT2D eigenvalue weighted by molar-refractivity contribution is 0.0277. The van der Waals surface area contributed by atoms with Crippen LogP contribution in [0, 0.1) is 0 Å². The van der Waals surface area contributed by atoms with Gasteiger partial charge in [-0.1, -0.05) is 18.2 Å². The normalized spacial score (nSPS) is 12.4. The van der Waals surface area contributed by atoms with Crippen LogP contribution < -0.4 is 5.32 Å². The first-order valence-corrected chi connectivity index (χ1v) is 8.23. The Labute approximate surface area is 137 Å². The second-order valence-corrected chi connectivity index (χ2v) is 5.78. The van der Waals surface area contributed by atoms with Gasteiger partial charge in [0.1, 0.15) is 11.7 Å². The maximum absolute atomic E-state index is 12.3. The van der Waals surface area contributed by atoms with Gasteiger partial charge in [-0.3, -0.25) is 4.79 Å². The smallest absolute Gasteiger partial charge is 0.287 e. The van der Waals surface area contributed by atoms with Crippen LogP contribution in [0.3, 0.4) is 0 Å². The van der Waals surface area contributed by atoms with Gasteiger partial charge in [0.15, 0.2) is 5.76 Å². The van der Waals surface area contributed by atoms with E-state index in [0.717, 1.165) is 10.9 Å². The van der Waals surface area contributed by atoms with Crippen molar-refractivity contribution in [2.45, 2.75) is 6.10 Å². The number of thiophene rings is 1. The van der Waals surface area contributed by atoms with Gasteiger partial charge in [-0.15, -0.1) is 0 Å². The van der Waals surface area contributed by atoms with Gasteiger partial charge < -0.3 is 19.6 Å². The molecule has 0 bridgehead atoms. The molecule has 2 N–H and O–H groups in total. The molecule has 0 aliphatic carbocycles. The molecule has 1 atom stereocenters. The van der Waals surface area contributed by atoms with Gasteiger partial charge in [0.05, 0.1) is 13.2 Å². The van der Waals surface area contributed by atoms with Crippen LogP contribution in [0.5, 0.6) is 0 Å². The minimum Gasteiger partial charge on any atom is -0.451 e. The van der Waals surface area contributed by atoms with E-state index in [1.165, 1.54) is 0 Å². The van der Waals surface area contributed by atoms with Crippen LogP contribution in [-0.4, -0.2) is 30.8 Å². The SMILES string of the molecule is O=C(NC[C@H](OCCO)c1ccsc1)c1cc2ccccc2o1. The summed E-state index contributed by atoms with van der Waals surface area (Å²) in [5.74, 6) is -0.00791. The third-order valence-corrected chi connectivity index (χ3v) is 4.12. The molecular weight excluding hydrogens is 314 g/mol. The highest BCUT2D eigenvalue weighted by Gasteiger charge is 2.17. The van der Waals surface area contributed by atoms with Crippen LogP contribution >= 0.6 is 11.3 Å². The van der Waals surface area contributed by atoms with E-state index in [2.05, 4.69) is 5.32 Å². The fourth-order valence-electron chi connectivity index (χ4n) is 2.29. The van der Waals surface area contributed by atoms with E-state index in [4.69, 9.17) is 14.3 Å². The first-order chi connectivity index (χ1) is 11.3. The lowest BCUT2D eigenvalue weighted by Crippen LogP contribution is -2.29. The molecule has 0 saturated heterocycles. The molecule has 0 unspecified atom stereocenters. The number of amides is 1. The molecule has 1 amide bonds. The predicted octanol–water partition coefficient (Wildman–Crippen LogP) is 2.97. The van der Waals surface area contributed by atoms with Crippen LogP contribution in [-0.2, 0) is 4.74 Å². The third kappa shape index (κ3) is 3.79. The molecule has 0 aliphatic rings. The Balaban J connectivity index is 1.66. The zero-order valence-corrected chi connectivity index (χ0v) is 13.2. The van der Waals surface area contributed by atoms with E-state index >= 15 is 0 Å². The summed E-state index contributed by atoms with van der Waals surface area (Å²) in [5, 5.41) is 16.6. The standard InChI is InChI=1S/C17H17NO4S/c19-6-7-21-16(13-5-8-23-11-13)10-18-17(20)15-9-12-3-1-2-4-14(12)22-15/h1-5,8-9,11,16,19H,6-7,10H2,(H,18,20)/t16-/m0/s1. The van der Waals surface area contributed by atoms with Crippen LogP contribution in [0.2, 0.25) is 0 Å². The second-order valence-electron chi connectivity index (χ2n) is 5.00. The molecule has 0 radical (unpaired) electrons. The maximum atomic E-state index is 12.3. The Morgan fingerprint density at radius 3 is 2.96 bits per heavy atom. The van der Waals surface area contributed by atoms with E-state index in [1.807, 2.05) is 41.1 Å². The summed E-state index contributed by atoms with van der Waals surface area (Å²) in [7, 11) is 0. The molecule has 2 aromatic heterocycles. The van der Waals surface area contributed by atoms with Crippen molar-refractivity contribution in [1.82, 2.24) is 5.32 Å². The number of para-hydroxylation sites is 1. The van der Waals surface area contributed by atoms with Gasteiger partial charge in [-0.05, 0) is 34.5 Å². The zero-order valence-electron chi connectivity index (χ0n) is 12.4. The molecule has 0 aliphatic heterocycles. The molecule has 0 saturated carbocycles. The van der Waals surface area contributed by atoms with Crippen molar-refractivity contribution in [3.05, 3.63) is 58.5 Å². The van der Waals surface area contributed by atoms with Crippen LogP contribution in [0.4, 0.5) is 0 Å². The summed E-state index contributed by atoms with van der Waals surface area (Å²) in [6.07, 6.45) is -0.290. The number of hydrogen-bond donors (Lipinski definition) is 2. The number of carbonyl (C=O) groups excluding carboxylic acids is 1. The van der Waals surface area contributed by atoms with E-state index in [9.17, 15) is 4.79 Å². The largest absolute Gasteiger partial charge is 0.451 e. The first-order valence-electron chi connectivity index (χ1n) is 7.29. The monoisotopic (exact) mass is 331 g/mol. The quantitative estimate of drug-likeness (QED) is 0.698. The average Bonchev–Trinajstić information content (AvgIpc) is 3.24. The Morgan fingerprint density at radius 1 is 1.35 bits per heavy atom. The minimum atomic E-state index is -0.290. The van der Waals surface area contributed by atoms with Crippen molar-refractivity contribution < 1.29 is 19.1 Å². The summed E-state index contributed by atoms with van der Waals surface area (Å²) in [6, 6.07) is 11.1. The highest BCUT2D eigenvalue weighted by Crippen LogP contribution is 2.21. The van der Waals surface area contributed by atoms with E-state index in [1.54, 1.807) is 17.4 Å². The summed E-state index contributed by atoms with van der Waals surface area (Å²) in [4.78, 5) is 12.3. The van der Waals surface area contributed by atoms with Crippen molar-refractivity contribution in [3.8, 4) is 0 Å². The molecule has 1 aromatic carbocycles. The van der Waals surface area contributed by atoms with Crippen molar-refractivity contribution in [3.63, 3.8) is 0 Å². The highest BCUT2D eigenvalue weighted by atomic mass is 32.1. The number of hydrogen-bond acceptors (Lipinski definition) is 5. The van der Waals surface area contributed by atoms with E-state index in [-0.39, 0.29) is 31.0 Å². The van der Waals surface area contributed by atoms with Crippen molar-refractivity contribution >= 4 is 28.2 Å². The van der Waals surface area contributed by atoms with Crippen LogP contribution in [0.15, 0.2) is 51.6 Å². The molecule has 3 aromatic rings. The third-order valence-electron chi connectivity index (χ3n) is 3.42. The molecule has 3 rings (SSSR count). The zero-order chi connectivity index (χ0) is 16.1. The van der Waals surface area contributed by atoms with Gasteiger partial charge in [0.2, 0.25) is 0 Å². The van der Waals surface area contributed by atoms with Gasteiger partial charge in [-0.2, -0.15) is 11.3 Å². The Kier molecular flexibility index (Phi) is 5.07. The number of nitrogens with one attached hydrogen (secondary N) is 1. The van der Waals surface area contributed by atoms with E-state index in [0.29, 0.717) is 12.1 Å². The first kappa shape index (κ1) is 15.7. The number of benzene rings is 1. The topological polar surface area (TPSA) is 71.7 Å². The van der Waals surface area contributed by atoms with Crippen molar-refractivity contribution in [1.29, 1.82) is 0 Å². The summed E-state index contributed by atoms with van der Waals surface area (Å²) in [6.45, 7) is 0.478. The van der Waals surface area contributed by atoms with Gasteiger partial charge >= 0.3 is 0 Å². The number of aliphatic hydroxyl groups excluding tert-OH is 1. The minimum absolute atomic E-state index is 0.0574. The van der Waals surface area contributed by atoms with Crippen LogP contribution in [0.1, 0.15) is 22.2 Å². The Hall–Kier alpha value is -2.15. The molecule has 5 nitrogen and oxygen atoms in total. The van der Waals surface area contributed by atoms with Gasteiger partial charge in [-0.25, -0.2) is 0 Å². The van der Waals surface area contributed by atoms with Crippen LogP contribution in [0.25, 0.3) is 11.0 Å². The van der Waals surface area contributed by atoms with Gasteiger partial charge in [0.25, 0.3) is 5.91 Å². The Morgan fingerprint density at radius 2 is 2.22 bits per heavy atom. The van der Waals surface area contributed by atoms with Crippen molar-refractivity contribution in [2.24, 2.45) is 0 Å².